The zero-order valence-corrected chi connectivity index (χ0v) is 9.09. The summed E-state index contributed by atoms with van der Waals surface area (Å²) in [7, 11) is 0. The van der Waals surface area contributed by atoms with E-state index in [1.807, 2.05) is 0 Å². The lowest BCUT2D eigenvalue weighted by atomic mass is 10.1. The van der Waals surface area contributed by atoms with Crippen molar-refractivity contribution in [1.29, 1.82) is 0 Å². The fraction of sp³-hybridized carbons (Fsp3) is 0.538. The van der Waals surface area contributed by atoms with Gasteiger partial charge in [0.15, 0.2) is 0 Å². The Morgan fingerprint density at radius 2 is 2.00 bits per heavy atom. The average Bonchev–Trinajstić information content (AvgIpc) is 2.95. The second-order valence-corrected chi connectivity index (χ2v) is 4.32. The molecule has 0 heterocycles. The Morgan fingerprint density at radius 3 is 2.64 bits per heavy atom. The molecule has 0 saturated heterocycles. The summed E-state index contributed by atoms with van der Waals surface area (Å²) < 4.78 is 0. The van der Waals surface area contributed by atoms with Crippen LogP contribution in [0.5, 0.6) is 0 Å². The topological polar surface area (TPSA) is 12.0 Å². The highest BCUT2D eigenvalue weighted by Crippen LogP contribution is 2.46. The molecule has 1 N–H and O–H groups in total. The van der Waals surface area contributed by atoms with E-state index < -0.39 is 0 Å². The van der Waals surface area contributed by atoms with Gasteiger partial charge in [0.1, 0.15) is 0 Å². The van der Waals surface area contributed by atoms with Crippen molar-refractivity contribution in [3.8, 4) is 0 Å². The first-order chi connectivity index (χ1) is 6.81. The van der Waals surface area contributed by atoms with Crippen LogP contribution in [0.2, 0.25) is 0 Å². The molecule has 0 spiro atoms. The lowest BCUT2D eigenvalue weighted by Gasteiger charge is -2.02. The van der Waals surface area contributed by atoms with Gasteiger partial charge in [0, 0.05) is 0 Å². The van der Waals surface area contributed by atoms with Gasteiger partial charge in [0.2, 0.25) is 0 Å². The van der Waals surface area contributed by atoms with E-state index in [0.717, 1.165) is 18.4 Å². The molecule has 0 bridgehead atoms. The molecule has 14 heavy (non-hydrogen) atoms. The lowest BCUT2D eigenvalue weighted by Crippen LogP contribution is -2.16. The van der Waals surface area contributed by atoms with E-state index in [-0.39, 0.29) is 0 Å². The second-order valence-electron chi connectivity index (χ2n) is 4.32. The molecule has 1 nitrogen and oxygen atoms in total. The maximum Gasteiger partial charge on any atom is -0.00146 e. The molecule has 1 heteroatoms. The molecule has 1 aromatic carbocycles. The average molecular weight is 189 g/mol. The highest BCUT2D eigenvalue weighted by atomic mass is 14.9. The molecule has 76 valence electrons. The van der Waals surface area contributed by atoms with Gasteiger partial charge in [-0.1, -0.05) is 36.8 Å². The first-order valence-electron chi connectivity index (χ1n) is 5.58. The van der Waals surface area contributed by atoms with E-state index in [0.29, 0.717) is 0 Å². The first kappa shape index (κ1) is 9.72. The number of rotatable bonds is 4. The van der Waals surface area contributed by atoms with Crippen molar-refractivity contribution in [3.05, 3.63) is 35.4 Å². The minimum absolute atomic E-state index is 0.828. The predicted octanol–water partition coefficient (Wildman–Crippen LogP) is 2.71. The summed E-state index contributed by atoms with van der Waals surface area (Å²) in [5.74, 6) is 1.72. The second kappa shape index (κ2) is 4.14. The van der Waals surface area contributed by atoms with Crippen molar-refractivity contribution in [3.63, 3.8) is 0 Å². The molecule has 1 saturated carbocycles. The van der Waals surface area contributed by atoms with Gasteiger partial charge in [0.25, 0.3) is 0 Å². The van der Waals surface area contributed by atoms with Gasteiger partial charge in [-0.05, 0) is 43.8 Å². The third kappa shape index (κ3) is 2.16. The molecule has 0 radical (unpaired) electrons. The standard InChI is InChI=1S/C13H19N/c1-3-14-9-12-8-13(12)11-6-4-10(2)5-7-11/h4-7,12-14H,3,8-9H2,1-2H3. The van der Waals surface area contributed by atoms with Gasteiger partial charge in [-0.15, -0.1) is 0 Å². The summed E-state index contributed by atoms with van der Waals surface area (Å²) in [5, 5.41) is 3.42. The third-order valence-corrected chi connectivity index (χ3v) is 3.08. The Morgan fingerprint density at radius 1 is 1.29 bits per heavy atom. The maximum atomic E-state index is 3.42. The summed E-state index contributed by atoms with van der Waals surface area (Å²) in [6.07, 6.45) is 1.37. The largest absolute Gasteiger partial charge is 0.317 e. The number of nitrogens with one attached hydrogen (secondary N) is 1. The van der Waals surface area contributed by atoms with Crippen molar-refractivity contribution in [2.24, 2.45) is 5.92 Å². The number of hydrogen-bond donors (Lipinski definition) is 1. The molecular weight excluding hydrogens is 170 g/mol. The van der Waals surface area contributed by atoms with Crippen LogP contribution in [0.15, 0.2) is 24.3 Å². The minimum atomic E-state index is 0.828. The fourth-order valence-electron chi connectivity index (χ4n) is 2.02. The molecule has 1 aromatic rings. The van der Waals surface area contributed by atoms with Crippen LogP contribution in [0.1, 0.15) is 30.4 Å². The Balaban J connectivity index is 1.89. The first-order valence-corrected chi connectivity index (χ1v) is 5.58. The van der Waals surface area contributed by atoms with Crippen LogP contribution < -0.4 is 5.32 Å². The van der Waals surface area contributed by atoms with Crippen molar-refractivity contribution in [1.82, 2.24) is 5.32 Å². The minimum Gasteiger partial charge on any atom is -0.317 e. The molecule has 0 aliphatic heterocycles. The normalized spacial score (nSPS) is 25.0. The smallest absolute Gasteiger partial charge is 0.00146 e. The van der Waals surface area contributed by atoms with Crippen LogP contribution in [-0.4, -0.2) is 13.1 Å². The number of aryl methyl sites for hydroxylation is 1. The van der Waals surface area contributed by atoms with E-state index >= 15 is 0 Å². The van der Waals surface area contributed by atoms with Gasteiger partial charge in [0.05, 0.1) is 0 Å². The highest BCUT2D eigenvalue weighted by Gasteiger charge is 2.37. The molecule has 2 unspecified atom stereocenters. The molecule has 2 rings (SSSR count). The summed E-state index contributed by atoms with van der Waals surface area (Å²) in [5.41, 5.74) is 2.89. The zero-order chi connectivity index (χ0) is 9.97. The highest BCUT2D eigenvalue weighted by molar-refractivity contribution is 5.29. The van der Waals surface area contributed by atoms with E-state index in [9.17, 15) is 0 Å². The monoisotopic (exact) mass is 189 g/mol. The Hall–Kier alpha value is -0.820. The van der Waals surface area contributed by atoms with Crippen LogP contribution in [0, 0.1) is 12.8 Å². The van der Waals surface area contributed by atoms with E-state index in [4.69, 9.17) is 0 Å². The molecule has 0 aromatic heterocycles. The quantitative estimate of drug-likeness (QED) is 0.768. The van der Waals surface area contributed by atoms with Crippen LogP contribution >= 0.6 is 0 Å². The number of benzene rings is 1. The van der Waals surface area contributed by atoms with Gasteiger partial charge in [-0.25, -0.2) is 0 Å². The van der Waals surface area contributed by atoms with E-state index in [1.54, 1.807) is 0 Å². The van der Waals surface area contributed by atoms with Gasteiger partial charge in [-0.2, -0.15) is 0 Å². The van der Waals surface area contributed by atoms with Crippen molar-refractivity contribution >= 4 is 0 Å². The molecule has 1 aliphatic rings. The van der Waals surface area contributed by atoms with Crippen LogP contribution in [0.3, 0.4) is 0 Å². The Labute approximate surface area is 86.5 Å². The fourth-order valence-corrected chi connectivity index (χ4v) is 2.02. The van der Waals surface area contributed by atoms with Gasteiger partial charge in [-0.3, -0.25) is 0 Å². The summed E-state index contributed by atoms with van der Waals surface area (Å²) in [6, 6.07) is 9.01. The third-order valence-electron chi connectivity index (χ3n) is 3.08. The van der Waals surface area contributed by atoms with E-state index in [2.05, 4.69) is 43.4 Å². The molecule has 2 atom stereocenters. The van der Waals surface area contributed by atoms with Crippen LogP contribution in [0.25, 0.3) is 0 Å². The molecule has 0 amide bonds. The van der Waals surface area contributed by atoms with Crippen molar-refractivity contribution in [2.75, 3.05) is 13.1 Å². The number of hydrogen-bond acceptors (Lipinski definition) is 1. The van der Waals surface area contributed by atoms with Crippen LogP contribution in [-0.2, 0) is 0 Å². The van der Waals surface area contributed by atoms with E-state index in [1.165, 1.54) is 24.1 Å². The maximum absolute atomic E-state index is 3.42. The SMILES string of the molecule is CCNCC1CC1c1ccc(C)cc1. The summed E-state index contributed by atoms with van der Waals surface area (Å²) in [6.45, 7) is 6.60. The zero-order valence-electron chi connectivity index (χ0n) is 9.09. The van der Waals surface area contributed by atoms with Gasteiger partial charge < -0.3 is 5.32 Å². The summed E-state index contributed by atoms with van der Waals surface area (Å²) in [4.78, 5) is 0. The van der Waals surface area contributed by atoms with Gasteiger partial charge >= 0.3 is 0 Å². The Bertz CT molecular complexity index is 289. The lowest BCUT2D eigenvalue weighted by molar-refractivity contribution is 0.649. The predicted molar refractivity (Wildman–Crippen MR) is 60.6 cm³/mol. The molecule has 1 fully saturated rings. The van der Waals surface area contributed by atoms with Crippen molar-refractivity contribution in [2.45, 2.75) is 26.2 Å². The van der Waals surface area contributed by atoms with Crippen molar-refractivity contribution < 1.29 is 0 Å². The summed E-state index contributed by atoms with van der Waals surface area (Å²) >= 11 is 0. The van der Waals surface area contributed by atoms with Crippen LogP contribution in [0.4, 0.5) is 0 Å². The molecular formula is C13H19N. The molecule has 1 aliphatic carbocycles. The Kier molecular flexibility index (Phi) is 2.87.